The Balaban J connectivity index is 2.00. The molecule has 92 valence electrons. The SMILES string of the molecule is CN1CCCC(n2ncc3cc(C#N)cnc32)C1. The van der Waals surface area contributed by atoms with Gasteiger partial charge >= 0.3 is 0 Å². The molecule has 2 aromatic rings. The van der Waals surface area contributed by atoms with Gasteiger partial charge in [0.1, 0.15) is 6.07 Å². The third-order valence-electron chi connectivity index (χ3n) is 3.51. The minimum absolute atomic E-state index is 0.390. The van der Waals surface area contributed by atoms with Gasteiger partial charge in [0.2, 0.25) is 0 Å². The van der Waals surface area contributed by atoms with E-state index in [2.05, 4.69) is 28.1 Å². The van der Waals surface area contributed by atoms with Crippen LogP contribution in [0.15, 0.2) is 18.5 Å². The van der Waals surface area contributed by atoms with Crippen LogP contribution in [0.2, 0.25) is 0 Å². The fourth-order valence-electron chi connectivity index (χ4n) is 2.61. The van der Waals surface area contributed by atoms with Gasteiger partial charge < -0.3 is 4.90 Å². The summed E-state index contributed by atoms with van der Waals surface area (Å²) in [5.74, 6) is 0. The first-order valence-electron chi connectivity index (χ1n) is 6.20. The van der Waals surface area contributed by atoms with Gasteiger partial charge in [0.05, 0.1) is 17.8 Å². The number of hydrogen-bond acceptors (Lipinski definition) is 4. The maximum atomic E-state index is 8.86. The number of nitriles is 1. The van der Waals surface area contributed by atoms with Crippen LogP contribution in [0.5, 0.6) is 0 Å². The number of aromatic nitrogens is 3. The first-order chi connectivity index (χ1) is 8.78. The van der Waals surface area contributed by atoms with Crippen molar-refractivity contribution in [3.05, 3.63) is 24.0 Å². The molecular formula is C13H15N5. The van der Waals surface area contributed by atoms with Crippen LogP contribution in [-0.4, -0.2) is 39.8 Å². The highest BCUT2D eigenvalue weighted by molar-refractivity contribution is 5.75. The monoisotopic (exact) mass is 241 g/mol. The van der Waals surface area contributed by atoms with E-state index in [9.17, 15) is 0 Å². The van der Waals surface area contributed by atoms with E-state index in [1.54, 1.807) is 12.4 Å². The zero-order valence-corrected chi connectivity index (χ0v) is 10.4. The molecule has 18 heavy (non-hydrogen) atoms. The molecule has 0 bridgehead atoms. The lowest BCUT2D eigenvalue weighted by molar-refractivity contribution is 0.205. The zero-order chi connectivity index (χ0) is 12.5. The summed E-state index contributed by atoms with van der Waals surface area (Å²) in [7, 11) is 2.14. The predicted molar refractivity (Wildman–Crippen MR) is 68.0 cm³/mol. The highest BCUT2D eigenvalue weighted by Gasteiger charge is 2.21. The maximum absolute atomic E-state index is 8.86. The van der Waals surface area contributed by atoms with Gasteiger partial charge in [-0.1, -0.05) is 0 Å². The lowest BCUT2D eigenvalue weighted by atomic mass is 10.1. The van der Waals surface area contributed by atoms with Crippen molar-refractivity contribution in [3.63, 3.8) is 0 Å². The number of likely N-dealkylation sites (tertiary alicyclic amines) is 1. The van der Waals surface area contributed by atoms with E-state index in [-0.39, 0.29) is 0 Å². The first-order valence-corrected chi connectivity index (χ1v) is 6.20. The normalized spacial score (nSPS) is 21.0. The second-order valence-corrected chi connectivity index (χ2v) is 4.90. The van der Waals surface area contributed by atoms with Gasteiger partial charge in [-0.05, 0) is 32.5 Å². The van der Waals surface area contributed by atoms with Crippen LogP contribution < -0.4 is 0 Å². The lowest BCUT2D eigenvalue weighted by Gasteiger charge is -2.29. The first kappa shape index (κ1) is 11.2. The van der Waals surface area contributed by atoms with Crippen LogP contribution in [0.25, 0.3) is 11.0 Å². The molecule has 1 atom stereocenters. The van der Waals surface area contributed by atoms with E-state index in [1.807, 2.05) is 10.7 Å². The summed E-state index contributed by atoms with van der Waals surface area (Å²) in [4.78, 5) is 6.70. The second kappa shape index (κ2) is 4.39. The summed E-state index contributed by atoms with van der Waals surface area (Å²) in [5.41, 5.74) is 1.47. The molecular weight excluding hydrogens is 226 g/mol. The van der Waals surface area contributed by atoms with Gasteiger partial charge in [-0.15, -0.1) is 0 Å². The molecule has 5 heteroatoms. The van der Waals surface area contributed by atoms with Crippen molar-refractivity contribution in [1.82, 2.24) is 19.7 Å². The quantitative estimate of drug-likeness (QED) is 0.760. The molecule has 0 N–H and O–H groups in total. The summed E-state index contributed by atoms with van der Waals surface area (Å²) in [6.07, 6.45) is 5.76. The molecule has 5 nitrogen and oxygen atoms in total. The number of pyridine rings is 1. The molecule has 0 amide bonds. The van der Waals surface area contributed by atoms with Gasteiger partial charge in [-0.25, -0.2) is 9.67 Å². The minimum atomic E-state index is 0.390. The van der Waals surface area contributed by atoms with Crippen molar-refractivity contribution in [1.29, 1.82) is 5.26 Å². The number of hydrogen-bond donors (Lipinski definition) is 0. The standard InChI is InChI=1S/C13H15N5/c1-17-4-2-3-12(9-17)18-13-11(8-16-18)5-10(6-14)7-15-13/h5,7-8,12H,2-4,9H2,1H3. The van der Waals surface area contributed by atoms with Crippen molar-refractivity contribution < 1.29 is 0 Å². The van der Waals surface area contributed by atoms with Crippen LogP contribution in [-0.2, 0) is 0 Å². The molecule has 0 saturated carbocycles. The zero-order valence-electron chi connectivity index (χ0n) is 10.4. The molecule has 1 aliphatic rings. The second-order valence-electron chi connectivity index (χ2n) is 4.90. The summed E-state index contributed by atoms with van der Waals surface area (Å²) in [6, 6.07) is 4.34. The predicted octanol–water partition coefficient (Wildman–Crippen LogP) is 1.57. The van der Waals surface area contributed by atoms with Crippen molar-refractivity contribution >= 4 is 11.0 Å². The fourth-order valence-corrected chi connectivity index (χ4v) is 2.61. The molecule has 3 heterocycles. The Morgan fingerprint density at radius 2 is 2.33 bits per heavy atom. The largest absolute Gasteiger partial charge is 0.304 e. The van der Waals surface area contributed by atoms with E-state index in [0.29, 0.717) is 11.6 Å². The molecule has 0 aromatic carbocycles. The Bertz CT molecular complexity index is 609. The van der Waals surface area contributed by atoms with Gasteiger partial charge in [-0.3, -0.25) is 0 Å². The molecule has 0 radical (unpaired) electrons. The molecule has 1 saturated heterocycles. The molecule has 1 unspecified atom stereocenters. The van der Waals surface area contributed by atoms with Gasteiger partial charge in [0.15, 0.2) is 5.65 Å². The highest BCUT2D eigenvalue weighted by atomic mass is 15.3. The van der Waals surface area contributed by atoms with Crippen molar-refractivity contribution in [3.8, 4) is 6.07 Å². The Hall–Kier alpha value is -1.93. The number of likely N-dealkylation sites (N-methyl/N-ethyl adjacent to an activating group) is 1. The number of nitrogens with zero attached hydrogens (tertiary/aromatic N) is 5. The van der Waals surface area contributed by atoms with Crippen LogP contribution in [0, 0.1) is 11.3 Å². The van der Waals surface area contributed by atoms with Crippen molar-refractivity contribution in [2.24, 2.45) is 0 Å². The van der Waals surface area contributed by atoms with Crippen LogP contribution in [0.4, 0.5) is 0 Å². The van der Waals surface area contributed by atoms with Gasteiger partial charge in [0.25, 0.3) is 0 Å². The third-order valence-corrected chi connectivity index (χ3v) is 3.51. The Kier molecular flexibility index (Phi) is 2.73. The van der Waals surface area contributed by atoms with E-state index in [4.69, 9.17) is 5.26 Å². The van der Waals surface area contributed by atoms with Gasteiger partial charge in [0, 0.05) is 18.1 Å². The van der Waals surface area contributed by atoms with E-state index < -0.39 is 0 Å². The third kappa shape index (κ3) is 1.85. The molecule has 1 aliphatic heterocycles. The summed E-state index contributed by atoms with van der Waals surface area (Å²) in [5, 5.41) is 14.3. The van der Waals surface area contributed by atoms with Crippen LogP contribution >= 0.6 is 0 Å². The molecule has 0 aliphatic carbocycles. The van der Waals surface area contributed by atoms with E-state index >= 15 is 0 Å². The molecule has 1 fully saturated rings. The molecule has 2 aromatic heterocycles. The summed E-state index contributed by atoms with van der Waals surface area (Å²) < 4.78 is 2.01. The maximum Gasteiger partial charge on any atom is 0.158 e. The Labute approximate surface area is 106 Å². The summed E-state index contributed by atoms with van der Waals surface area (Å²) >= 11 is 0. The number of fused-ring (bicyclic) bond motifs is 1. The Morgan fingerprint density at radius 3 is 3.11 bits per heavy atom. The minimum Gasteiger partial charge on any atom is -0.304 e. The average molecular weight is 241 g/mol. The molecule has 3 rings (SSSR count). The number of rotatable bonds is 1. The Morgan fingerprint density at radius 1 is 1.44 bits per heavy atom. The van der Waals surface area contributed by atoms with E-state index in [1.165, 1.54) is 6.42 Å². The fraction of sp³-hybridized carbons (Fsp3) is 0.462. The topological polar surface area (TPSA) is 57.7 Å². The van der Waals surface area contributed by atoms with Crippen molar-refractivity contribution in [2.75, 3.05) is 20.1 Å². The van der Waals surface area contributed by atoms with Crippen LogP contribution in [0.1, 0.15) is 24.4 Å². The van der Waals surface area contributed by atoms with Crippen molar-refractivity contribution in [2.45, 2.75) is 18.9 Å². The highest BCUT2D eigenvalue weighted by Crippen LogP contribution is 2.23. The van der Waals surface area contributed by atoms with Gasteiger partial charge in [-0.2, -0.15) is 10.4 Å². The number of piperidine rings is 1. The average Bonchev–Trinajstić information content (AvgIpc) is 2.81. The smallest absolute Gasteiger partial charge is 0.158 e. The summed E-state index contributed by atoms with van der Waals surface area (Å²) in [6.45, 7) is 2.17. The van der Waals surface area contributed by atoms with Crippen LogP contribution in [0.3, 0.4) is 0 Å². The molecule has 0 spiro atoms. The van der Waals surface area contributed by atoms with E-state index in [0.717, 1.165) is 30.5 Å². The lowest BCUT2D eigenvalue weighted by Crippen LogP contribution is -2.34.